The SMILES string of the molecule is C[C@H]1CN(c2ccc(F)c(OCc3ccc(Cl)cc3F)c2)CCN1C(=O)OC(C)(C)C. The molecule has 2 aromatic rings. The van der Waals surface area contributed by atoms with Crippen LogP contribution < -0.4 is 9.64 Å². The van der Waals surface area contributed by atoms with Gasteiger partial charge in [0.05, 0.1) is 0 Å². The van der Waals surface area contributed by atoms with Crippen molar-refractivity contribution >= 4 is 23.4 Å². The molecular weight excluding hydrogens is 426 g/mol. The van der Waals surface area contributed by atoms with Gasteiger partial charge < -0.3 is 19.3 Å². The fourth-order valence-electron chi connectivity index (χ4n) is 3.38. The topological polar surface area (TPSA) is 42.0 Å². The minimum atomic E-state index is -0.555. The van der Waals surface area contributed by atoms with Crippen molar-refractivity contribution in [2.45, 2.75) is 45.9 Å². The largest absolute Gasteiger partial charge is 0.486 e. The van der Waals surface area contributed by atoms with E-state index < -0.39 is 17.2 Å². The molecule has 5 nitrogen and oxygen atoms in total. The number of ether oxygens (including phenoxy) is 2. The van der Waals surface area contributed by atoms with Crippen LogP contribution in [0.25, 0.3) is 0 Å². The van der Waals surface area contributed by atoms with Crippen molar-refractivity contribution < 1.29 is 23.0 Å². The highest BCUT2D eigenvalue weighted by Crippen LogP contribution is 2.28. The number of carbonyl (C=O) groups excluding carboxylic acids is 1. The quantitative estimate of drug-likeness (QED) is 0.601. The van der Waals surface area contributed by atoms with Crippen molar-refractivity contribution in [3.63, 3.8) is 0 Å². The van der Waals surface area contributed by atoms with Crippen LogP contribution in [0, 0.1) is 11.6 Å². The van der Waals surface area contributed by atoms with E-state index in [9.17, 15) is 13.6 Å². The van der Waals surface area contributed by atoms with Gasteiger partial charge in [0, 0.05) is 48.0 Å². The van der Waals surface area contributed by atoms with Gasteiger partial charge in [0.2, 0.25) is 0 Å². The molecule has 3 rings (SSSR count). The molecule has 1 amide bonds. The Morgan fingerprint density at radius 1 is 1.13 bits per heavy atom. The summed E-state index contributed by atoms with van der Waals surface area (Å²) in [5, 5.41) is 0.286. The summed E-state index contributed by atoms with van der Waals surface area (Å²) in [6.45, 7) is 8.95. The summed E-state index contributed by atoms with van der Waals surface area (Å²) >= 11 is 5.76. The maximum Gasteiger partial charge on any atom is 0.410 e. The molecule has 0 bridgehead atoms. The second-order valence-corrected chi connectivity index (χ2v) is 9.04. The van der Waals surface area contributed by atoms with Gasteiger partial charge in [0.1, 0.15) is 18.0 Å². The van der Waals surface area contributed by atoms with Crippen molar-refractivity contribution in [3.05, 3.63) is 58.6 Å². The third-order valence-corrected chi connectivity index (χ3v) is 5.17. The maximum absolute atomic E-state index is 14.3. The molecule has 1 aliphatic rings. The van der Waals surface area contributed by atoms with E-state index in [1.54, 1.807) is 23.1 Å². The lowest BCUT2D eigenvalue weighted by Gasteiger charge is -2.41. The molecule has 0 saturated carbocycles. The van der Waals surface area contributed by atoms with Crippen LogP contribution in [-0.4, -0.2) is 42.3 Å². The Morgan fingerprint density at radius 2 is 1.87 bits per heavy atom. The lowest BCUT2D eigenvalue weighted by Crippen LogP contribution is -2.55. The van der Waals surface area contributed by atoms with Crippen molar-refractivity contribution in [3.8, 4) is 5.75 Å². The standard InChI is InChI=1S/C23H27ClF2N2O3/c1-15-13-27(9-10-28(15)22(29)31-23(2,3)4)18-7-8-19(25)21(12-18)30-14-16-5-6-17(24)11-20(16)26/h5-8,11-12,15H,9-10,13-14H2,1-4H3/t15-/m0/s1. The van der Waals surface area contributed by atoms with Crippen molar-refractivity contribution in [1.82, 2.24) is 4.90 Å². The van der Waals surface area contributed by atoms with Gasteiger partial charge in [0.15, 0.2) is 11.6 Å². The average Bonchev–Trinajstić information content (AvgIpc) is 2.67. The fraction of sp³-hybridized carbons (Fsp3) is 0.435. The number of anilines is 1. The summed E-state index contributed by atoms with van der Waals surface area (Å²) in [6.07, 6.45) is -0.340. The van der Waals surface area contributed by atoms with Gasteiger partial charge in [-0.2, -0.15) is 0 Å². The van der Waals surface area contributed by atoms with E-state index in [4.69, 9.17) is 21.1 Å². The number of nitrogens with zero attached hydrogens (tertiary/aromatic N) is 2. The average molecular weight is 453 g/mol. The lowest BCUT2D eigenvalue weighted by atomic mass is 10.1. The lowest BCUT2D eigenvalue weighted by molar-refractivity contribution is 0.0159. The van der Waals surface area contributed by atoms with Crippen LogP contribution in [0.4, 0.5) is 19.3 Å². The van der Waals surface area contributed by atoms with E-state index in [1.165, 1.54) is 18.2 Å². The number of halogens is 3. The predicted molar refractivity (Wildman–Crippen MR) is 117 cm³/mol. The molecule has 8 heteroatoms. The molecular formula is C23H27ClF2N2O3. The molecule has 0 unspecified atom stereocenters. The minimum Gasteiger partial charge on any atom is -0.486 e. The highest BCUT2D eigenvalue weighted by molar-refractivity contribution is 6.30. The molecule has 31 heavy (non-hydrogen) atoms. The molecule has 1 fully saturated rings. The van der Waals surface area contributed by atoms with Crippen LogP contribution in [0.2, 0.25) is 5.02 Å². The Labute approximate surface area is 186 Å². The summed E-state index contributed by atoms with van der Waals surface area (Å²) in [7, 11) is 0. The van der Waals surface area contributed by atoms with E-state index >= 15 is 0 Å². The maximum atomic E-state index is 14.3. The molecule has 0 spiro atoms. The molecule has 2 aromatic carbocycles. The number of hydrogen-bond donors (Lipinski definition) is 0. The van der Waals surface area contributed by atoms with Crippen LogP contribution in [0.3, 0.4) is 0 Å². The first kappa shape index (κ1) is 23.1. The van der Waals surface area contributed by atoms with Crippen molar-refractivity contribution in [1.29, 1.82) is 0 Å². The van der Waals surface area contributed by atoms with E-state index in [2.05, 4.69) is 4.90 Å². The van der Waals surface area contributed by atoms with E-state index in [0.717, 1.165) is 5.69 Å². The number of hydrogen-bond acceptors (Lipinski definition) is 4. The molecule has 1 atom stereocenters. The summed E-state index contributed by atoms with van der Waals surface area (Å²) in [5.74, 6) is -0.996. The Hall–Kier alpha value is -2.54. The predicted octanol–water partition coefficient (Wildman–Crippen LogP) is 5.64. The number of amides is 1. The molecule has 1 aliphatic heterocycles. The highest BCUT2D eigenvalue weighted by Gasteiger charge is 2.31. The second-order valence-electron chi connectivity index (χ2n) is 8.61. The van der Waals surface area contributed by atoms with Gasteiger partial charge in [0.25, 0.3) is 0 Å². The van der Waals surface area contributed by atoms with Crippen LogP contribution >= 0.6 is 11.6 Å². The van der Waals surface area contributed by atoms with Crippen molar-refractivity contribution in [2.24, 2.45) is 0 Å². The van der Waals surface area contributed by atoms with Gasteiger partial charge in [-0.1, -0.05) is 17.7 Å². The Morgan fingerprint density at radius 3 is 2.52 bits per heavy atom. The van der Waals surface area contributed by atoms with Crippen LogP contribution in [0.1, 0.15) is 33.3 Å². The molecule has 1 saturated heterocycles. The Balaban J connectivity index is 1.67. The van der Waals surface area contributed by atoms with Gasteiger partial charge in [-0.3, -0.25) is 0 Å². The van der Waals surface area contributed by atoms with Crippen LogP contribution in [-0.2, 0) is 11.3 Å². The number of rotatable bonds is 4. The Kier molecular flexibility index (Phi) is 6.94. The summed E-state index contributed by atoms with van der Waals surface area (Å²) in [6, 6.07) is 8.77. The van der Waals surface area contributed by atoms with Crippen molar-refractivity contribution in [2.75, 3.05) is 24.5 Å². The summed E-state index contributed by atoms with van der Waals surface area (Å²) in [5.41, 5.74) is 0.498. The number of benzene rings is 2. The zero-order valence-corrected chi connectivity index (χ0v) is 18.9. The third kappa shape index (κ3) is 6.00. The van der Waals surface area contributed by atoms with Gasteiger partial charge in [-0.05, 0) is 52.0 Å². The summed E-state index contributed by atoms with van der Waals surface area (Å²) in [4.78, 5) is 16.2. The first-order valence-electron chi connectivity index (χ1n) is 10.1. The zero-order chi connectivity index (χ0) is 22.8. The molecule has 0 aliphatic carbocycles. The molecule has 0 radical (unpaired) electrons. The highest BCUT2D eigenvalue weighted by atomic mass is 35.5. The fourth-order valence-corrected chi connectivity index (χ4v) is 3.54. The van der Waals surface area contributed by atoms with E-state index in [0.29, 0.717) is 19.6 Å². The van der Waals surface area contributed by atoms with Gasteiger partial charge >= 0.3 is 6.09 Å². The first-order valence-corrected chi connectivity index (χ1v) is 10.5. The van der Waals surface area contributed by atoms with E-state index in [1.807, 2.05) is 27.7 Å². The molecule has 1 heterocycles. The molecule has 0 N–H and O–H groups in total. The van der Waals surface area contributed by atoms with Gasteiger partial charge in [-0.15, -0.1) is 0 Å². The first-order chi connectivity index (χ1) is 14.5. The Bertz CT molecular complexity index is 949. The van der Waals surface area contributed by atoms with Gasteiger partial charge in [-0.25, -0.2) is 13.6 Å². The third-order valence-electron chi connectivity index (χ3n) is 4.93. The number of carbonyl (C=O) groups is 1. The minimum absolute atomic E-state index is 0.0362. The molecule has 168 valence electrons. The normalized spacial score (nSPS) is 16.9. The molecule has 0 aromatic heterocycles. The van der Waals surface area contributed by atoms with Crippen LogP contribution in [0.5, 0.6) is 5.75 Å². The van der Waals surface area contributed by atoms with E-state index in [-0.39, 0.29) is 35.1 Å². The monoisotopic (exact) mass is 452 g/mol. The second kappa shape index (κ2) is 9.30. The zero-order valence-electron chi connectivity index (χ0n) is 18.1. The summed E-state index contributed by atoms with van der Waals surface area (Å²) < 4.78 is 39.3. The number of piperazine rings is 1. The van der Waals surface area contributed by atoms with Crippen LogP contribution in [0.15, 0.2) is 36.4 Å². The smallest absolute Gasteiger partial charge is 0.410 e.